The number of nitrogens with one attached hydrogen (secondary N) is 2. The molecule has 2 heterocycles. The minimum Gasteiger partial charge on any atom is -0.381 e. The fraction of sp³-hybridized carbons (Fsp3) is 0.529. The summed E-state index contributed by atoms with van der Waals surface area (Å²) in [5.74, 6) is 0. The average molecular weight is 331 g/mol. The summed E-state index contributed by atoms with van der Waals surface area (Å²) in [6.45, 7) is 3.63. The summed E-state index contributed by atoms with van der Waals surface area (Å²) in [7, 11) is 0. The van der Waals surface area contributed by atoms with Crippen molar-refractivity contribution in [3.63, 3.8) is 0 Å². The number of amides is 2. The summed E-state index contributed by atoms with van der Waals surface area (Å²) < 4.78 is 6.61. The number of hydrogen-bond donors (Lipinski definition) is 2. The van der Waals surface area contributed by atoms with Crippen LogP contribution >= 0.6 is 11.3 Å². The zero-order valence-corrected chi connectivity index (χ0v) is 14.0. The molecule has 0 radical (unpaired) electrons. The molecule has 1 spiro atoms. The number of rotatable bonds is 2. The van der Waals surface area contributed by atoms with Gasteiger partial charge in [-0.25, -0.2) is 9.78 Å². The number of ether oxygens (including phenoxy) is 1. The predicted octanol–water partition coefficient (Wildman–Crippen LogP) is 3.69. The van der Waals surface area contributed by atoms with Gasteiger partial charge in [0.2, 0.25) is 0 Å². The Bertz CT molecular complexity index is 737. The molecule has 2 aromatic rings. The van der Waals surface area contributed by atoms with Crippen LogP contribution in [0.5, 0.6) is 0 Å². The van der Waals surface area contributed by atoms with E-state index < -0.39 is 0 Å². The van der Waals surface area contributed by atoms with E-state index >= 15 is 0 Å². The van der Waals surface area contributed by atoms with Gasteiger partial charge in [0.1, 0.15) is 0 Å². The van der Waals surface area contributed by atoms with Crippen LogP contribution in [0.3, 0.4) is 0 Å². The van der Waals surface area contributed by atoms with Crippen molar-refractivity contribution in [2.24, 2.45) is 5.41 Å². The quantitative estimate of drug-likeness (QED) is 0.882. The molecule has 1 aliphatic carbocycles. The molecule has 6 heteroatoms. The van der Waals surface area contributed by atoms with Crippen LogP contribution in [0.2, 0.25) is 0 Å². The topological polar surface area (TPSA) is 63.2 Å². The monoisotopic (exact) mass is 331 g/mol. The zero-order valence-electron chi connectivity index (χ0n) is 13.2. The molecule has 23 heavy (non-hydrogen) atoms. The van der Waals surface area contributed by atoms with Gasteiger partial charge >= 0.3 is 6.03 Å². The third-order valence-electron chi connectivity index (χ3n) is 5.22. The van der Waals surface area contributed by atoms with Crippen LogP contribution in [0, 0.1) is 12.3 Å². The minimum atomic E-state index is -0.119. The van der Waals surface area contributed by atoms with E-state index in [-0.39, 0.29) is 17.5 Å². The molecular weight excluding hydrogens is 310 g/mol. The SMILES string of the molecule is Cc1nc2cc(NC(=O)NC3CCC34CCOCC4)ccc2s1. The highest BCUT2D eigenvalue weighted by Crippen LogP contribution is 2.48. The lowest BCUT2D eigenvalue weighted by molar-refractivity contribution is -0.0507. The van der Waals surface area contributed by atoms with Gasteiger partial charge in [-0.15, -0.1) is 11.3 Å². The van der Waals surface area contributed by atoms with Gasteiger partial charge in [0.15, 0.2) is 0 Å². The Morgan fingerprint density at radius 3 is 2.91 bits per heavy atom. The van der Waals surface area contributed by atoms with E-state index in [4.69, 9.17) is 4.74 Å². The van der Waals surface area contributed by atoms with E-state index in [2.05, 4.69) is 15.6 Å². The second-order valence-electron chi connectivity index (χ2n) is 6.58. The summed E-state index contributed by atoms with van der Waals surface area (Å²) in [5, 5.41) is 7.14. The number of urea groups is 1. The van der Waals surface area contributed by atoms with Gasteiger partial charge in [0.05, 0.1) is 15.2 Å². The van der Waals surface area contributed by atoms with Gasteiger partial charge in [-0.3, -0.25) is 0 Å². The molecule has 1 unspecified atom stereocenters. The van der Waals surface area contributed by atoms with E-state index in [1.54, 1.807) is 11.3 Å². The van der Waals surface area contributed by atoms with E-state index in [1.165, 1.54) is 6.42 Å². The Hall–Kier alpha value is -1.66. The summed E-state index contributed by atoms with van der Waals surface area (Å²) in [4.78, 5) is 16.8. The summed E-state index contributed by atoms with van der Waals surface area (Å²) in [6.07, 6.45) is 4.38. The number of fused-ring (bicyclic) bond motifs is 1. The van der Waals surface area contributed by atoms with Crippen LogP contribution < -0.4 is 10.6 Å². The smallest absolute Gasteiger partial charge is 0.319 e. The maximum absolute atomic E-state index is 12.3. The van der Waals surface area contributed by atoms with Crippen LogP contribution in [-0.4, -0.2) is 30.3 Å². The molecule has 5 nitrogen and oxygen atoms in total. The Kier molecular flexibility index (Phi) is 3.73. The van der Waals surface area contributed by atoms with Crippen molar-refractivity contribution in [3.8, 4) is 0 Å². The molecule has 2 fully saturated rings. The number of aryl methyl sites for hydroxylation is 1. The van der Waals surface area contributed by atoms with Crippen LogP contribution in [0.25, 0.3) is 10.2 Å². The van der Waals surface area contributed by atoms with Gasteiger partial charge in [0.25, 0.3) is 0 Å². The van der Waals surface area contributed by atoms with Crippen molar-refractivity contribution in [3.05, 3.63) is 23.2 Å². The standard InChI is InChI=1S/C17H21N3O2S/c1-11-18-13-10-12(2-3-14(13)23-11)19-16(21)20-15-4-5-17(15)6-8-22-9-7-17/h2-3,10,15H,4-9H2,1H3,(H2,19,20,21). The Balaban J connectivity index is 1.41. The number of thiazole rings is 1. The second kappa shape index (κ2) is 5.76. The van der Waals surface area contributed by atoms with Gasteiger partial charge in [-0.1, -0.05) is 0 Å². The number of anilines is 1. The molecule has 1 atom stereocenters. The van der Waals surface area contributed by atoms with Crippen LogP contribution in [-0.2, 0) is 4.74 Å². The third-order valence-corrected chi connectivity index (χ3v) is 6.17. The number of benzene rings is 1. The molecule has 1 saturated carbocycles. The molecule has 0 bridgehead atoms. The van der Waals surface area contributed by atoms with Crippen LogP contribution in [0.4, 0.5) is 10.5 Å². The highest BCUT2D eigenvalue weighted by Gasteiger charge is 2.47. The summed E-state index contributed by atoms with van der Waals surface area (Å²) in [6, 6.07) is 6.04. The predicted molar refractivity (Wildman–Crippen MR) is 92.0 cm³/mol. The highest BCUT2D eigenvalue weighted by molar-refractivity contribution is 7.18. The molecule has 1 aromatic heterocycles. The van der Waals surface area contributed by atoms with Gasteiger partial charge < -0.3 is 15.4 Å². The fourth-order valence-electron chi connectivity index (χ4n) is 3.74. The summed E-state index contributed by atoms with van der Waals surface area (Å²) >= 11 is 1.67. The van der Waals surface area contributed by atoms with Crippen LogP contribution in [0.1, 0.15) is 30.7 Å². The van der Waals surface area contributed by atoms with Gasteiger partial charge in [-0.05, 0) is 56.2 Å². The molecule has 2 amide bonds. The van der Waals surface area contributed by atoms with Crippen molar-refractivity contribution in [2.45, 2.75) is 38.6 Å². The molecule has 1 saturated heterocycles. The molecular formula is C17H21N3O2S. The first-order valence-corrected chi connectivity index (χ1v) is 8.99. The fourth-order valence-corrected chi connectivity index (χ4v) is 4.55. The number of aromatic nitrogens is 1. The van der Waals surface area contributed by atoms with Gasteiger partial charge in [-0.2, -0.15) is 0 Å². The van der Waals surface area contributed by atoms with Crippen molar-refractivity contribution in [2.75, 3.05) is 18.5 Å². The average Bonchev–Trinajstić information content (AvgIpc) is 2.92. The molecule has 4 rings (SSSR count). The third kappa shape index (κ3) is 2.81. The number of nitrogens with zero attached hydrogens (tertiary/aromatic N) is 1. The van der Waals surface area contributed by atoms with Gasteiger partial charge in [0, 0.05) is 24.9 Å². The van der Waals surface area contributed by atoms with Crippen molar-refractivity contribution < 1.29 is 9.53 Å². The first kappa shape index (κ1) is 14.9. The van der Waals surface area contributed by atoms with Crippen LogP contribution in [0.15, 0.2) is 18.2 Å². The lowest BCUT2D eigenvalue weighted by Crippen LogP contribution is -2.57. The Labute approximate surface area is 139 Å². The number of carbonyl (C=O) groups is 1. The van der Waals surface area contributed by atoms with E-state index in [9.17, 15) is 4.79 Å². The molecule has 2 aliphatic rings. The first-order chi connectivity index (χ1) is 11.1. The van der Waals surface area contributed by atoms with E-state index in [0.717, 1.165) is 53.4 Å². The zero-order chi connectivity index (χ0) is 15.9. The Morgan fingerprint density at radius 2 is 2.17 bits per heavy atom. The molecule has 122 valence electrons. The van der Waals surface area contributed by atoms with Crippen molar-refractivity contribution >= 4 is 33.3 Å². The molecule has 1 aliphatic heterocycles. The first-order valence-electron chi connectivity index (χ1n) is 8.17. The number of carbonyl (C=O) groups excluding carboxylic acids is 1. The molecule has 1 aromatic carbocycles. The van der Waals surface area contributed by atoms with E-state index in [0.29, 0.717) is 0 Å². The lowest BCUT2D eigenvalue weighted by atomic mass is 9.60. The largest absolute Gasteiger partial charge is 0.381 e. The summed E-state index contributed by atoms with van der Waals surface area (Å²) in [5.41, 5.74) is 2.00. The highest BCUT2D eigenvalue weighted by atomic mass is 32.1. The lowest BCUT2D eigenvalue weighted by Gasteiger charge is -2.51. The molecule has 2 N–H and O–H groups in total. The Morgan fingerprint density at radius 1 is 1.35 bits per heavy atom. The maximum atomic E-state index is 12.3. The van der Waals surface area contributed by atoms with E-state index in [1.807, 2.05) is 25.1 Å². The normalized spacial score (nSPS) is 22.7. The van der Waals surface area contributed by atoms with Crippen molar-refractivity contribution in [1.29, 1.82) is 0 Å². The van der Waals surface area contributed by atoms with Crippen molar-refractivity contribution in [1.82, 2.24) is 10.3 Å². The maximum Gasteiger partial charge on any atom is 0.319 e. The minimum absolute atomic E-state index is 0.119. The number of hydrogen-bond acceptors (Lipinski definition) is 4. The second-order valence-corrected chi connectivity index (χ2v) is 7.81.